The van der Waals surface area contributed by atoms with Crippen LogP contribution >= 0.6 is 0 Å². The maximum absolute atomic E-state index is 12.1. The van der Waals surface area contributed by atoms with Gasteiger partial charge in [0.15, 0.2) is 6.10 Å². The van der Waals surface area contributed by atoms with Crippen molar-refractivity contribution in [1.82, 2.24) is 4.90 Å². The molecule has 1 N–H and O–H groups in total. The summed E-state index contributed by atoms with van der Waals surface area (Å²) in [6.07, 6.45) is 0.161. The van der Waals surface area contributed by atoms with E-state index in [0.717, 1.165) is 11.1 Å². The Bertz CT molecular complexity index is 526. The second kappa shape index (κ2) is 4.01. The van der Waals surface area contributed by atoms with E-state index in [1.807, 2.05) is 6.07 Å². The molecule has 1 amide bonds. The Balaban J connectivity index is 1.73. The highest BCUT2D eigenvalue weighted by Gasteiger charge is 2.35. The summed E-state index contributed by atoms with van der Waals surface area (Å²) < 4.78 is 4.98. The van der Waals surface area contributed by atoms with Gasteiger partial charge in [0.05, 0.1) is 0 Å². The van der Waals surface area contributed by atoms with Crippen LogP contribution in [-0.2, 0) is 27.4 Å². The Kier molecular flexibility index (Phi) is 2.47. The largest absolute Gasteiger partial charge is 0.508 e. The van der Waals surface area contributed by atoms with Crippen LogP contribution in [0.4, 0.5) is 0 Å². The molecule has 0 bridgehead atoms. The summed E-state index contributed by atoms with van der Waals surface area (Å²) in [7, 11) is 0. The number of phenolic OH excluding ortho intramolecular Hbond substituents is 1. The van der Waals surface area contributed by atoms with Crippen molar-refractivity contribution >= 4 is 11.9 Å². The Morgan fingerprint density at radius 1 is 1.33 bits per heavy atom. The second-order valence-corrected chi connectivity index (χ2v) is 4.66. The van der Waals surface area contributed by atoms with Crippen LogP contribution in [0.15, 0.2) is 18.2 Å². The summed E-state index contributed by atoms with van der Waals surface area (Å²) in [6, 6.07) is 5.10. The minimum absolute atomic E-state index is 0.142. The Labute approximate surface area is 104 Å². The third-order valence-electron chi connectivity index (χ3n) is 3.38. The SMILES string of the molecule is O=C1CC[C@H](C(=O)N2Cc3ccc(O)cc3C2)O1. The van der Waals surface area contributed by atoms with E-state index in [1.165, 1.54) is 0 Å². The smallest absolute Gasteiger partial charge is 0.306 e. The molecular weight excluding hydrogens is 234 g/mol. The van der Waals surface area contributed by atoms with Gasteiger partial charge in [0, 0.05) is 25.9 Å². The third kappa shape index (κ3) is 1.81. The van der Waals surface area contributed by atoms with Gasteiger partial charge in [0.1, 0.15) is 5.75 Å². The number of cyclic esters (lactones) is 1. The van der Waals surface area contributed by atoms with E-state index in [2.05, 4.69) is 0 Å². The number of hydrogen-bond donors (Lipinski definition) is 1. The van der Waals surface area contributed by atoms with Crippen molar-refractivity contribution in [3.05, 3.63) is 29.3 Å². The molecule has 2 aliphatic rings. The average Bonchev–Trinajstić information content (AvgIpc) is 2.93. The van der Waals surface area contributed by atoms with Crippen molar-refractivity contribution < 1.29 is 19.4 Å². The van der Waals surface area contributed by atoms with Crippen LogP contribution in [0.2, 0.25) is 0 Å². The number of amides is 1. The fourth-order valence-corrected chi connectivity index (χ4v) is 2.44. The predicted octanol–water partition coefficient (Wildman–Crippen LogP) is 0.940. The number of fused-ring (bicyclic) bond motifs is 1. The Morgan fingerprint density at radius 3 is 2.83 bits per heavy atom. The fraction of sp³-hybridized carbons (Fsp3) is 0.385. The van der Waals surface area contributed by atoms with Crippen molar-refractivity contribution in [2.24, 2.45) is 0 Å². The number of benzene rings is 1. The number of esters is 1. The van der Waals surface area contributed by atoms with Crippen LogP contribution in [0.3, 0.4) is 0 Å². The summed E-state index contributed by atoms with van der Waals surface area (Å²) in [5, 5.41) is 9.39. The number of phenols is 1. The number of rotatable bonds is 1. The number of carbonyl (C=O) groups excluding carboxylic acids is 2. The van der Waals surface area contributed by atoms with E-state index in [0.29, 0.717) is 25.9 Å². The molecule has 1 atom stereocenters. The summed E-state index contributed by atoms with van der Waals surface area (Å²) in [5.74, 6) is -0.241. The monoisotopic (exact) mass is 247 g/mol. The lowest BCUT2D eigenvalue weighted by molar-refractivity contribution is -0.153. The minimum Gasteiger partial charge on any atom is -0.508 e. The maximum Gasteiger partial charge on any atom is 0.306 e. The van der Waals surface area contributed by atoms with E-state index in [9.17, 15) is 14.7 Å². The van der Waals surface area contributed by atoms with Crippen molar-refractivity contribution in [2.75, 3.05) is 0 Å². The topological polar surface area (TPSA) is 66.8 Å². The molecule has 0 aromatic heterocycles. The lowest BCUT2D eigenvalue weighted by Crippen LogP contribution is -2.35. The molecule has 0 spiro atoms. The second-order valence-electron chi connectivity index (χ2n) is 4.66. The summed E-state index contributed by atoms with van der Waals surface area (Å²) in [6.45, 7) is 0.985. The van der Waals surface area contributed by atoms with Gasteiger partial charge >= 0.3 is 5.97 Å². The van der Waals surface area contributed by atoms with Gasteiger partial charge < -0.3 is 14.7 Å². The maximum atomic E-state index is 12.1. The molecule has 5 heteroatoms. The molecule has 1 saturated heterocycles. The van der Waals surface area contributed by atoms with Gasteiger partial charge in [-0.1, -0.05) is 6.07 Å². The van der Waals surface area contributed by atoms with Gasteiger partial charge in [-0.15, -0.1) is 0 Å². The highest BCUT2D eigenvalue weighted by Crippen LogP contribution is 2.28. The van der Waals surface area contributed by atoms with Crippen LogP contribution < -0.4 is 0 Å². The van der Waals surface area contributed by atoms with Crippen molar-refractivity contribution in [3.63, 3.8) is 0 Å². The van der Waals surface area contributed by atoms with Crippen LogP contribution in [0.5, 0.6) is 5.75 Å². The highest BCUT2D eigenvalue weighted by molar-refractivity contribution is 5.86. The molecule has 1 fully saturated rings. The van der Waals surface area contributed by atoms with Gasteiger partial charge in [-0.25, -0.2) is 0 Å². The molecule has 0 aliphatic carbocycles. The molecule has 5 nitrogen and oxygen atoms in total. The zero-order valence-electron chi connectivity index (χ0n) is 9.76. The van der Waals surface area contributed by atoms with E-state index >= 15 is 0 Å². The zero-order chi connectivity index (χ0) is 12.7. The lowest BCUT2D eigenvalue weighted by Gasteiger charge is -2.18. The van der Waals surface area contributed by atoms with E-state index in [4.69, 9.17) is 4.74 Å². The molecule has 0 unspecified atom stereocenters. The summed E-state index contributed by atoms with van der Waals surface area (Å²) >= 11 is 0. The molecule has 2 aliphatic heterocycles. The van der Waals surface area contributed by atoms with Gasteiger partial charge in [0.2, 0.25) is 0 Å². The molecule has 0 saturated carbocycles. The first kappa shape index (κ1) is 11.1. The normalized spacial score (nSPS) is 21.9. The first-order valence-electron chi connectivity index (χ1n) is 5.92. The predicted molar refractivity (Wildman–Crippen MR) is 61.5 cm³/mol. The van der Waals surface area contributed by atoms with Gasteiger partial charge in [-0.05, 0) is 23.3 Å². The van der Waals surface area contributed by atoms with Crippen LogP contribution in [0, 0.1) is 0 Å². The summed E-state index contributed by atoms with van der Waals surface area (Å²) in [5.41, 5.74) is 1.98. The van der Waals surface area contributed by atoms with Gasteiger partial charge in [-0.2, -0.15) is 0 Å². The van der Waals surface area contributed by atoms with Crippen LogP contribution in [0.1, 0.15) is 24.0 Å². The third-order valence-corrected chi connectivity index (χ3v) is 3.38. The van der Waals surface area contributed by atoms with Crippen molar-refractivity contribution in [1.29, 1.82) is 0 Å². The quantitative estimate of drug-likeness (QED) is 0.750. The van der Waals surface area contributed by atoms with Gasteiger partial charge in [0.25, 0.3) is 5.91 Å². The van der Waals surface area contributed by atoms with E-state index < -0.39 is 6.10 Å². The molecule has 18 heavy (non-hydrogen) atoms. The van der Waals surface area contributed by atoms with E-state index in [-0.39, 0.29) is 17.6 Å². The number of carbonyl (C=O) groups is 2. The Morgan fingerprint density at radius 2 is 2.11 bits per heavy atom. The van der Waals surface area contributed by atoms with E-state index in [1.54, 1.807) is 17.0 Å². The lowest BCUT2D eigenvalue weighted by atomic mass is 10.1. The van der Waals surface area contributed by atoms with Crippen LogP contribution in [0.25, 0.3) is 0 Å². The molecule has 2 heterocycles. The van der Waals surface area contributed by atoms with Crippen molar-refractivity contribution in [3.8, 4) is 5.75 Å². The molecule has 94 valence electrons. The highest BCUT2D eigenvalue weighted by atomic mass is 16.6. The molecule has 1 aromatic carbocycles. The number of aromatic hydroxyl groups is 1. The Hall–Kier alpha value is -2.04. The zero-order valence-corrected chi connectivity index (χ0v) is 9.76. The first-order valence-corrected chi connectivity index (χ1v) is 5.92. The van der Waals surface area contributed by atoms with Crippen LogP contribution in [-0.4, -0.2) is 28.0 Å². The molecule has 3 rings (SSSR count). The fourth-order valence-electron chi connectivity index (χ4n) is 2.44. The first-order chi connectivity index (χ1) is 8.63. The molecular formula is C13H13NO4. The molecule has 1 aromatic rings. The number of ether oxygens (including phenoxy) is 1. The van der Waals surface area contributed by atoms with Crippen molar-refractivity contribution in [2.45, 2.75) is 32.0 Å². The average molecular weight is 247 g/mol. The molecule has 0 radical (unpaired) electrons. The number of hydrogen-bond acceptors (Lipinski definition) is 4. The minimum atomic E-state index is -0.625. The summed E-state index contributed by atoms with van der Waals surface area (Å²) in [4.78, 5) is 24.8. The number of nitrogens with zero attached hydrogens (tertiary/aromatic N) is 1. The van der Waals surface area contributed by atoms with Gasteiger partial charge in [-0.3, -0.25) is 9.59 Å². The standard InChI is InChI=1S/C13H13NO4/c15-10-2-1-8-6-14(7-9(8)5-10)13(17)11-3-4-12(16)18-11/h1-2,5,11,15H,3-4,6-7H2/t11-/m1/s1.